The molecule has 1 aromatic carbocycles. The van der Waals surface area contributed by atoms with Crippen LogP contribution in [0.3, 0.4) is 0 Å². The molecule has 0 saturated carbocycles. The number of hydrogen-bond acceptors (Lipinski definition) is 2. The van der Waals surface area contributed by atoms with Crippen molar-refractivity contribution in [3.8, 4) is 0 Å². The molecule has 0 radical (unpaired) electrons. The average molecular weight is 311 g/mol. The second-order valence-corrected chi connectivity index (χ2v) is 5.45. The molecule has 116 valence electrons. The summed E-state index contributed by atoms with van der Waals surface area (Å²) in [5.74, 6) is 0. The molecule has 22 heavy (non-hydrogen) atoms. The Bertz CT molecular complexity index is 702. The lowest BCUT2D eigenvalue weighted by molar-refractivity contribution is 1.44. The summed E-state index contributed by atoms with van der Waals surface area (Å²) in [7, 11) is 0. The molecular weight excluding hydrogens is 286 g/mol. The fourth-order valence-electron chi connectivity index (χ4n) is 2.13. The lowest BCUT2D eigenvalue weighted by Gasteiger charge is -2.07. The molecule has 1 nitrogen and oxygen atoms in total. The number of fused-ring (bicyclic) bond motifs is 1. The fraction of sp³-hybridized carbons (Fsp3) is 0.200. The number of hydrogen-bond donors (Lipinski definition) is 1. The number of allylic oxidation sites excluding steroid dienone is 3. The third-order valence-corrected chi connectivity index (χ3v) is 4.27. The molecule has 0 saturated heterocycles. The van der Waals surface area contributed by atoms with E-state index in [9.17, 15) is 0 Å². The molecule has 0 amide bonds. The van der Waals surface area contributed by atoms with Crippen LogP contribution in [0.4, 0.5) is 5.69 Å². The first-order valence-corrected chi connectivity index (χ1v) is 8.42. The maximum atomic E-state index is 3.91. The molecule has 0 spiro atoms. The number of thiophene rings is 1. The maximum absolute atomic E-state index is 3.91. The Kier molecular flexibility index (Phi) is 7.41. The Balaban J connectivity index is 0.00000116. The van der Waals surface area contributed by atoms with Gasteiger partial charge in [0.05, 0.1) is 0 Å². The summed E-state index contributed by atoms with van der Waals surface area (Å²) in [6.45, 7) is 15.8. The highest BCUT2D eigenvalue weighted by Gasteiger charge is 2.08. The highest BCUT2D eigenvalue weighted by atomic mass is 32.1. The van der Waals surface area contributed by atoms with Crippen LogP contribution in [-0.4, -0.2) is 0 Å². The second-order valence-electron chi connectivity index (χ2n) is 4.37. The summed E-state index contributed by atoms with van der Waals surface area (Å²) in [6.07, 6.45) is 9.94. The Hall–Kier alpha value is -2.06. The highest BCUT2D eigenvalue weighted by Crippen LogP contribution is 2.34. The zero-order valence-corrected chi connectivity index (χ0v) is 14.8. The van der Waals surface area contributed by atoms with Crippen molar-refractivity contribution < 1.29 is 0 Å². The highest BCUT2D eigenvalue weighted by molar-refractivity contribution is 7.20. The summed E-state index contributed by atoms with van der Waals surface area (Å²) < 4.78 is 1.26. The van der Waals surface area contributed by atoms with E-state index in [1.807, 2.05) is 45.9 Å². The van der Waals surface area contributed by atoms with Gasteiger partial charge in [0, 0.05) is 26.3 Å². The van der Waals surface area contributed by atoms with Crippen molar-refractivity contribution in [2.24, 2.45) is 0 Å². The Labute approximate surface area is 138 Å². The van der Waals surface area contributed by atoms with Crippen LogP contribution in [0, 0.1) is 0 Å². The molecular formula is C20H25NS. The van der Waals surface area contributed by atoms with Crippen molar-refractivity contribution >= 4 is 39.3 Å². The zero-order valence-electron chi connectivity index (χ0n) is 13.9. The maximum Gasteiger partial charge on any atom is 0.0391 e. The molecule has 2 rings (SSSR count). The van der Waals surface area contributed by atoms with E-state index in [2.05, 4.69) is 48.8 Å². The second kappa shape index (κ2) is 9.06. The smallest absolute Gasteiger partial charge is 0.0391 e. The summed E-state index contributed by atoms with van der Waals surface area (Å²) >= 11 is 1.75. The first-order chi connectivity index (χ1) is 10.7. The third kappa shape index (κ3) is 3.99. The van der Waals surface area contributed by atoms with E-state index in [1.165, 1.54) is 15.0 Å². The lowest BCUT2D eigenvalue weighted by Crippen LogP contribution is -1.95. The van der Waals surface area contributed by atoms with Crippen LogP contribution in [0.2, 0.25) is 0 Å². The minimum absolute atomic E-state index is 1.08. The molecule has 0 atom stereocenters. The summed E-state index contributed by atoms with van der Waals surface area (Å²) in [5.41, 5.74) is 3.34. The zero-order chi connectivity index (χ0) is 16.5. The number of nitrogens with one attached hydrogen (secondary N) is 1. The number of benzene rings is 1. The quantitative estimate of drug-likeness (QED) is 0.580. The van der Waals surface area contributed by atoms with Crippen molar-refractivity contribution in [1.29, 1.82) is 0 Å². The van der Waals surface area contributed by atoms with Crippen LogP contribution in [0.25, 0.3) is 22.2 Å². The van der Waals surface area contributed by atoms with Gasteiger partial charge in [-0.15, -0.1) is 11.3 Å². The molecule has 0 aliphatic heterocycles. The van der Waals surface area contributed by atoms with Gasteiger partial charge in [-0.3, -0.25) is 0 Å². The molecule has 1 heterocycles. The van der Waals surface area contributed by atoms with E-state index in [0.717, 1.165) is 16.9 Å². The van der Waals surface area contributed by atoms with Gasteiger partial charge in [-0.05, 0) is 43.7 Å². The lowest BCUT2D eigenvalue weighted by atomic mass is 10.1. The van der Waals surface area contributed by atoms with Gasteiger partial charge in [0.1, 0.15) is 0 Å². The monoisotopic (exact) mass is 311 g/mol. The van der Waals surface area contributed by atoms with Crippen LogP contribution in [0.1, 0.15) is 38.1 Å². The summed E-state index contributed by atoms with van der Waals surface area (Å²) in [6, 6.07) is 6.42. The molecule has 0 unspecified atom stereocenters. The topological polar surface area (TPSA) is 12.0 Å². The average Bonchev–Trinajstić information content (AvgIpc) is 2.93. The van der Waals surface area contributed by atoms with E-state index in [4.69, 9.17) is 0 Å². The molecule has 2 heteroatoms. The van der Waals surface area contributed by atoms with Crippen molar-refractivity contribution in [3.05, 3.63) is 65.7 Å². The molecule has 0 aliphatic rings. The minimum atomic E-state index is 1.08. The van der Waals surface area contributed by atoms with Gasteiger partial charge in [-0.1, -0.05) is 51.3 Å². The number of rotatable bonds is 5. The number of anilines is 1. The standard InChI is InChI=1S/C18H19NS.C2H6/c1-5-9-13(6-2)19-14-10-11-18-16(12-14)15(7-3)17(8-4)20-18;1-2/h5-12,19H,3-4H2,1-2H3;1-2H3/b9-5-,13-6+;. The van der Waals surface area contributed by atoms with E-state index >= 15 is 0 Å². The fourth-order valence-corrected chi connectivity index (χ4v) is 3.17. The molecule has 0 bridgehead atoms. The van der Waals surface area contributed by atoms with Crippen LogP contribution in [0.5, 0.6) is 0 Å². The largest absolute Gasteiger partial charge is 0.356 e. The van der Waals surface area contributed by atoms with Gasteiger partial charge in [0.15, 0.2) is 0 Å². The first kappa shape index (κ1) is 18.0. The molecule has 0 aliphatic carbocycles. The van der Waals surface area contributed by atoms with Gasteiger partial charge in [0.25, 0.3) is 0 Å². The van der Waals surface area contributed by atoms with E-state index < -0.39 is 0 Å². The van der Waals surface area contributed by atoms with Crippen molar-refractivity contribution in [2.45, 2.75) is 27.7 Å². The predicted octanol–water partition coefficient (Wildman–Crippen LogP) is 7.11. The van der Waals surface area contributed by atoms with Gasteiger partial charge in [-0.25, -0.2) is 0 Å². The van der Waals surface area contributed by atoms with E-state index in [1.54, 1.807) is 11.3 Å². The van der Waals surface area contributed by atoms with Gasteiger partial charge >= 0.3 is 0 Å². The Morgan fingerprint density at radius 2 is 1.86 bits per heavy atom. The van der Waals surface area contributed by atoms with Crippen molar-refractivity contribution in [1.82, 2.24) is 0 Å². The Morgan fingerprint density at radius 1 is 1.14 bits per heavy atom. The summed E-state index contributed by atoms with van der Waals surface area (Å²) in [5, 5.41) is 4.64. The van der Waals surface area contributed by atoms with Crippen LogP contribution >= 0.6 is 11.3 Å². The van der Waals surface area contributed by atoms with E-state index in [0.29, 0.717) is 0 Å². The van der Waals surface area contributed by atoms with Crippen LogP contribution in [0.15, 0.2) is 55.3 Å². The van der Waals surface area contributed by atoms with Gasteiger partial charge in [-0.2, -0.15) is 0 Å². The van der Waals surface area contributed by atoms with Crippen molar-refractivity contribution in [3.63, 3.8) is 0 Å². The third-order valence-electron chi connectivity index (χ3n) is 3.09. The van der Waals surface area contributed by atoms with Gasteiger partial charge < -0.3 is 5.32 Å². The van der Waals surface area contributed by atoms with Crippen LogP contribution in [-0.2, 0) is 0 Å². The molecule has 0 fully saturated rings. The van der Waals surface area contributed by atoms with Crippen molar-refractivity contribution in [2.75, 3.05) is 5.32 Å². The van der Waals surface area contributed by atoms with Gasteiger partial charge in [0.2, 0.25) is 0 Å². The SMILES string of the molecule is C=Cc1sc2ccc(NC(/C=C\C)=C/C)cc2c1C=C.CC. The predicted molar refractivity (Wildman–Crippen MR) is 106 cm³/mol. The normalized spacial score (nSPS) is 11.2. The minimum Gasteiger partial charge on any atom is -0.356 e. The van der Waals surface area contributed by atoms with Crippen LogP contribution < -0.4 is 5.32 Å². The summed E-state index contributed by atoms with van der Waals surface area (Å²) in [4.78, 5) is 1.17. The van der Waals surface area contributed by atoms with E-state index in [-0.39, 0.29) is 0 Å². The molecule has 1 N–H and O–H groups in total. The first-order valence-electron chi connectivity index (χ1n) is 7.61. The molecule has 1 aromatic heterocycles. The molecule has 2 aromatic rings. The Morgan fingerprint density at radius 3 is 2.41 bits per heavy atom.